The Morgan fingerprint density at radius 2 is 1.86 bits per heavy atom. The minimum atomic E-state index is -0.285. The summed E-state index contributed by atoms with van der Waals surface area (Å²) in [7, 11) is 3.77. The van der Waals surface area contributed by atoms with Crippen molar-refractivity contribution in [1.29, 1.82) is 0 Å². The summed E-state index contributed by atoms with van der Waals surface area (Å²) in [5.41, 5.74) is 0.551. The van der Waals surface area contributed by atoms with Crippen LogP contribution in [0.1, 0.15) is 10.4 Å². The molecule has 0 saturated carbocycles. The van der Waals surface area contributed by atoms with Crippen molar-refractivity contribution in [3.63, 3.8) is 0 Å². The highest BCUT2D eigenvalue weighted by Crippen LogP contribution is 2.12. The van der Waals surface area contributed by atoms with E-state index < -0.39 is 0 Å². The van der Waals surface area contributed by atoms with Crippen molar-refractivity contribution in [3.8, 4) is 5.75 Å². The number of quaternary nitrogens is 1. The molecule has 0 aromatic heterocycles. The number of morpholine rings is 1. The molecular weight excluding hydrogens is 385 g/mol. The van der Waals surface area contributed by atoms with Crippen LogP contribution in [-0.2, 0) is 9.47 Å². The first-order chi connectivity index (χ1) is 9.63. The minimum absolute atomic E-state index is 0. The monoisotopic (exact) mass is 407 g/mol. The second-order valence-electron chi connectivity index (χ2n) is 5.27. The largest absolute Gasteiger partial charge is 1.00 e. The number of carbonyl (C=O) groups is 1. The second-order valence-corrected chi connectivity index (χ2v) is 5.27. The molecule has 0 unspecified atom stereocenters. The standard InChI is InChI=1S/C15H22NO4.HI/c1-16(7-10-19-11-8-16)9-12-20-15(17)13-3-5-14(18-2)6-4-13;/h3-6H,7-12H2,1-2H3;1H/q+1;/p-1. The molecule has 1 saturated heterocycles. The molecule has 118 valence electrons. The predicted molar refractivity (Wildman–Crippen MR) is 74.9 cm³/mol. The Morgan fingerprint density at radius 3 is 2.43 bits per heavy atom. The van der Waals surface area contributed by atoms with Crippen LogP contribution in [0.4, 0.5) is 0 Å². The van der Waals surface area contributed by atoms with Gasteiger partial charge in [-0.2, -0.15) is 0 Å². The van der Waals surface area contributed by atoms with E-state index in [-0.39, 0.29) is 29.9 Å². The number of halogens is 1. The minimum Gasteiger partial charge on any atom is -1.00 e. The normalized spacial score (nSPS) is 16.7. The molecule has 1 aliphatic heterocycles. The Bertz CT molecular complexity index is 443. The van der Waals surface area contributed by atoms with Crippen LogP contribution in [0.2, 0.25) is 0 Å². The Balaban J connectivity index is 0.00000220. The first kappa shape index (κ1) is 18.2. The first-order valence-electron chi connectivity index (χ1n) is 6.85. The van der Waals surface area contributed by atoms with Gasteiger partial charge in [-0.15, -0.1) is 0 Å². The Hall–Kier alpha value is -0.860. The number of esters is 1. The van der Waals surface area contributed by atoms with Gasteiger partial charge >= 0.3 is 5.97 Å². The quantitative estimate of drug-likeness (QED) is 0.333. The van der Waals surface area contributed by atoms with Crippen LogP contribution in [0.25, 0.3) is 0 Å². The molecule has 1 fully saturated rings. The molecule has 5 nitrogen and oxygen atoms in total. The Labute approximate surface area is 142 Å². The van der Waals surface area contributed by atoms with Gasteiger partial charge in [-0.05, 0) is 24.3 Å². The fraction of sp³-hybridized carbons (Fsp3) is 0.533. The zero-order chi connectivity index (χ0) is 14.4. The molecule has 1 aliphatic rings. The lowest BCUT2D eigenvalue weighted by atomic mass is 10.2. The molecule has 1 aromatic carbocycles. The number of likely N-dealkylation sites (N-methyl/N-ethyl adjacent to an activating group) is 1. The predicted octanol–water partition coefficient (Wildman–Crippen LogP) is -1.67. The van der Waals surface area contributed by atoms with Crippen LogP contribution < -0.4 is 28.7 Å². The van der Waals surface area contributed by atoms with Crippen LogP contribution >= 0.6 is 0 Å². The lowest BCUT2D eigenvalue weighted by Crippen LogP contribution is -3.00. The lowest BCUT2D eigenvalue weighted by Gasteiger charge is -2.37. The van der Waals surface area contributed by atoms with Gasteiger partial charge in [0.15, 0.2) is 0 Å². The molecule has 1 heterocycles. The molecule has 0 amide bonds. The SMILES string of the molecule is COc1ccc(C(=O)OCC[N+]2(C)CCOCC2)cc1.[I-]. The highest BCUT2D eigenvalue weighted by molar-refractivity contribution is 5.89. The van der Waals surface area contributed by atoms with Crippen LogP contribution in [-0.4, -0.2) is 64.1 Å². The number of carbonyl (C=O) groups excluding carboxylic acids is 1. The Kier molecular flexibility index (Phi) is 7.41. The number of hydrogen-bond acceptors (Lipinski definition) is 4. The number of methoxy groups -OCH3 is 1. The second kappa shape index (κ2) is 8.55. The topological polar surface area (TPSA) is 44.8 Å². The number of rotatable bonds is 5. The number of ether oxygens (including phenoxy) is 3. The van der Waals surface area contributed by atoms with Crippen LogP contribution in [0.5, 0.6) is 5.75 Å². The molecule has 21 heavy (non-hydrogen) atoms. The summed E-state index contributed by atoms with van der Waals surface area (Å²) in [5.74, 6) is 0.445. The lowest BCUT2D eigenvalue weighted by molar-refractivity contribution is -0.917. The zero-order valence-electron chi connectivity index (χ0n) is 12.5. The maximum atomic E-state index is 11.9. The van der Waals surface area contributed by atoms with Crippen LogP contribution in [0.15, 0.2) is 24.3 Å². The van der Waals surface area contributed by atoms with Crippen molar-refractivity contribution in [2.45, 2.75) is 0 Å². The smallest absolute Gasteiger partial charge is 0.338 e. The maximum absolute atomic E-state index is 11.9. The van der Waals surface area contributed by atoms with E-state index in [1.807, 2.05) is 0 Å². The van der Waals surface area contributed by atoms with Crippen molar-refractivity contribution in [2.75, 3.05) is 53.6 Å². The van der Waals surface area contributed by atoms with Crippen molar-refractivity contribution >= 4 is 5.97 Å². The van der Waals surface area contributed by atoms with Gasteiger partial charge in [-0.3, -0.25) is 0 Å². The zero-order valence-corrected chi connectivity index (χ0v) is 14.7. The molecular formula is C15H22INO4. The van der Waals surface area contributed by atoms with E-state index in [0.717, 1.165) is 43.1 Å². The molecule has 2 rings (SSSR count). The summed E-state index contributed by atoms with van der Waals surface area (Å²) >= 11 is 0. The van der Waals surface area contributed by atoms with E-state index in [9.17, 15) is 4.79 Å². The summed E-state index contributed by atoms with van der Waals surface area (Å²) in [6, 6.07) is 6.94. The van der Waals surface area contributed by atoms with Crippen LogP contribution in [0, 0.1) is 0 Å². The fourth-order valence-electron chi connectivity index (χ4n) is 2.18. The molecule has 0 radical (unpaired) electrons. The van der Waals surface area contributed by atoms with Crippen molar-refractivity contribution in [2.24, 2.45) is 0 Å². The van der Waals surface area contributed by atoms with Crippen LogP contribution in [0.3, 0.4) is 0 Å². The van der Waals surface area contributed by atoms with E-state index in [1.54, 1.807) is 31.4 Å². The molecule has 0 bridgehead atoms. The first-order valence-corrected chi connectivity index (χ1v) is 6.85. The number of nitrogens with zero attached hydrogens (tertiary/aromatic N) is 1. The average Bonchev–Trinajstić information content (AvgIpc) is 2.48. The average molecular weight is 407 g/mol. The van der Waals surface area contributed by atoms with Gasteiger partial charge in [0.1, 0.15) is 32.0 Å². The summed E-state index contributed by atoms with van der Waals surface area (Å²) in [6.07, 6.45) is 0. The molecule has 0 aliphatic carbocycles. The molecule has 0 N–H and O–H groups in total. The van der Waals surface area contributed by atoms with Crippen molar-refractivity contribution < 1.29 is 47.5 Å². The van der Waals surface area contributed by atoms with Gasteiger partial charge in [0, 0.05) is 0 Å². The maximum Gasteiger partial charge on any atom is 0.338 e. The van der Waals surface area contributed by atoms with E-state index in [1.165, 1.54) is 0 Å². The van der Waals surface area contributed by atoms with E-state index in [2.05, 4.69) is 7.05 Å². The highest BCUT2D eigenvalue weighted by Gasteiger charge is 2.25. The Morgan fingerprint density at radius 1 is 1.24 bits per heavy atom. The third-order valence-corrected chi connectivity index (χ3v) is 3.74. The van der Waals surface area contributed by atoms with Gasteiger partial charge in [0.2, 0.25) is 0 Å². The highest BCUT2D eigenvalue weighted by atomic mass is 127. The summed E-state index contributed by atoms with van der Waals surface area (Å²) in [6.45, 7) is 4.76. The van der Waals surface area contributed by atoms with Gasteiger partial charge in [0.25, 0.3) is 0 Å². The van der Waals surface area contributed by atoms with Crippen molar-refractivity contribution in [3.05, 3.63) is 29.8 Å². The summed E-state index contributed by atoms with van der Waals surface area (Å²) in [4.78, 5) is 11.9. The van der Waals surface area contributed by atoms with E-state index in [4.69, 9.17) is 14.2 Å². The van der Waals surface area contributed by atoms with Gasteiger partial charge in [-0.1, -0.05) is 0 Å². The third kappa shape index (κ3) is 5.44. The molecule has 1 aromatic rings. The van der Waals surface area contributed by atoms with E-state index in [0.29, 0.717) is 12.2 Å². The summed E-state index contributed by atoms with van der Waals surface area (Å²) < 4.78 is 16.6. The number of hydrogen-bond donors (Lipinski definition) is 0. The van der Waals surface area contributed by atoms with E-state index >= 15 is 0 Å². The van der Waals surface area contributed by atoms with Crippen molar-refractivity contribution in [1.82, 2.24) is 0 Å². The molecule has 0 atom stereocenters. The third-order valence-electron chi connectivity index (χ3n) is 3.74. The number of benzene rings is 1. The molecule has 6 heteroatoms. The fourth-order valence-corrected chi connectivity index (χ4v) is 2.18. The molecule has 0 spiro atoms. The van der Waals surface area contributed by atoms with Gasteiger partial charge in [-0.25, -0.2) is 4.79 Å². The van der Waals surface area contributed by atoms with Gasteiger partial charge < -0.3 is 42.7 Å². The summed E-state index contributed by atoms with van der Waals surface area (Å²) in [5, 5.41) is 0. The van der Waals surface area contributed by atoms with Gasteiger partial charge in [0.05, 0.1) is 32.9 Å².